The van der Waals surface area contributed by atoms with E-state index in [4.69, 9.17) is 15.0 Å². The van der Waals surface area contributed by atoms with Gasteiger partial charge in [-0.3, -0.25) is 0 Å². The molecular formula is C51H33N3. The molecule has 0 spiro atoms. The van der Waals surface area contributed by atoms with Crippen molar-refractivity contribution < 1.29 is 0 Å². The predicted molar refractivity (Wildman–Crippen MR) is 225 cm³/mol. The van der Waals surface area contributed by atoms with Gasteiger partial charge in [0.25, 0.3) is 0 Å². The molecule has 0 aliphatic rings. The van der Waals surface area contributed by atoms with Crippen molar-refractivity contribution >= 4 is 32.3 Å². The second kappa shape index (κ2) is 13.4. The predicted octanol–water partition coefficient (Wildman–Crippen LogP) is 13.3. The van der Waals surface area contributed by atoms with Gasteiger partial charge in [-0.1, -0.05) is 188 Å². The lowest BCUT2D eigenvalue weighted by atomic mass is 9.92. The fourth-order valence-electron chi connectivity index (χ4n) is 7.76. The quantitative estimate of drug-likeness (QED) is 0.129. The molecule has 3 nitrogen and oxygen atoms in total. The Hall–Kier alpha value is -7.23. The minimum absolute atomic E-state index is 0.622. The van der Waals surface area contributed by atoms with Gasteiger partial charge in [0.15, 0.2) is 17.5 Å². The Labute approximate surface area is 313 Å². The number of hydrogen-bond donors (Lipinski definition) is 0. The first kappa shape index (κ1) is 31.5. The topological polar surface area (TPSA) is 38.7 Å². The number of aromatic nitrogens is 3. The van der Waals surface area contributed by atoms with Gasteiger partial charge in [0.2, 0.25) is 0 Å². The number of hydrogen-bond acceptors (Lipinski definition) is 3. The third kappa shape index (κ3) is 5.60. The van der Waals surface area contributed by atoms with Crippen LogP contribution in [0.5, 0.6) is 0 Å². The van der Waals surface area contributed by atoms with Crippen LogP contribution in [-0.4, -0.2) is 15.0 Å². The van der Waals surface area contributed by atoms with E-state index in [-0.39, 0.29) is 0 Å². The van der Waals surface area contributed by atoms with Crippen LogP contribution >= 0.6 is 0 Å². The van der Waals surface area contributed by atoms with Gasteiger partial charge in [0, 0.05) is 16.7 Å². The molecule has 9 aromatic carbocycles. The van der Waals surface area contributed by atoms with Crippen molar-refractivity contribution in [3.8, 4) is 67.5 Å². The molecule has 0 aliphatic carbocycles. The van der Waals surface area contributed by atoms with Crippen LogP contribution in [0, 0.1) is 0 Å². The number of benzene rings is 9. The zero-order chi connectivity index (χ0) is 35.8. The average Bonchev–Trinajstić information content (AvgIpc) is 3.26. The van der Waals surface area contributed by atoms with Gasteiger partial charge in [-0.05, 0) is 77.8 Å². The second-order valence-corrected chi connectivity index (χ2v) is 13.6. The summed E-state index contributed by atoms with van der Waals surface area (Å²) in [6, 6.07) is 70.5. The standard InChI is InChI=1S/C51H33N3/c1-4-16-34(17-5-1)40-24-14-15-27-45(40)50-52-49(39-29-30-42(35-18-6-2-7-19-35)46(33-39)36-20-8-3-9-21-36)53-51(54-50)48-43-26-13-11-23-38(43)32-47-41-25-12-10-22-37(41)28-31-44(47)48/h1-33H. The summed E-state index contributed by atoms with van der Waals surface area (Å²) in [6.07, 6.45) is 0. The van der Waals surface area contributed by atoms with E-state index in [2.05, 4.69) is 194 Å². The van der Waals surface area contributed by atoms with Crippen molar-refractivity contribution in [2.45, 2.75) is 0 Å². The first-order valence-electron chi connectivity index (χ1n) is 18.3. The van der Waals surface area contributed by atoms with Crippen LogP contribution < -0.4 is 0 Å². The largest absolute Gasteiger partial charge is 0.208 e. The molecule has 54 heavy (non-hydrogen) atoms. The molecule has 252 valence electrons. The Morgan fingerprint density at radius 3 is 1.46 bits per heavy atom. The first-order chi connectivity index (χ1) is 26.8. The van der Waals surface area contributed by atoms with Crippen molar-refractivity contribution in [3.05, 3.63) is 200 Å². The maximum absolute atomic E-state index is 5.40. The van der Waals surface area contributed by atoms with Crippen molar-refractivity contribution in [2.75, 3.05) is 0 Å². The van der Waals surface area contributed by atoms with Crippen LogP contribution in [0.3, 0.4) is 0 Å². The molecule has 0 aliphatic heterocycles. The van der Waals surface area contributed by atoms with Gasteiger partial charge in [-0.2, -0.15) is 0 Å². The highest BCUT2D eigenvalue weighted by molar-refractivity contribution is 6.19. The maximum Gasteiger partial charge on any atom is 0.165 e. The van der Waals surface area contributed by atoms with Crippen LogP contribution in [0.2, 0.25) is 0 Å². The van der Waals surface area contributed by atoms with E-state index < -0.39 is 0 Å². The Balaban J connectivity index is 1.28. The van der Waals surface area contributed by atoms with Crippen molar-refractivity contribution in [2.24, 2.45) is 0 Å². The maximum atomic E-state index is 5.40. The summed E-state index contributed by atoms with van der Waals surface area (Å²) < 4.78 is 0. The Bertz CT molecular complexity index is 2970. The van der Waals surface area contributed by atoms with Gasteiger partial charge in [0.05, 0.1) is 0 Å². The van der Waals surface area contributed by atoms with E-state index in [1.54, 1.807) is 0 Å². The monoisotopic (exact) mass is 687 g/mol. The van der Waals surface area contributed by atoms with Crippen LogP contribution in [-0.2, 0) is 0 Å². The lowest BCUT2D eigenvalue weighted by Gasteiger charge is -2.16. The highest BCUT2D eigenvalue weighted by Gasteiger charge is 2.20. The van der Waals surface area contributed by atoms with E-state index >= 15 is 0 Å². The number of nitrogens with zero attached hydrogens (tertiary/aromatic N) is 3. The molecule has 0 unspecified atom stereocenters. The van der Waals surface area contributed by atoms with Crippen LogP contribution in [0.1, 0.15) is 0 Å². The molecule has 0 atom stereocenters. The summed E-state index contributed by atoms with van der Waals surface area (Å²) in [5.74, 6) is 1.89. The zero-order valence-electron chi connectivity index (χ0n) is 29.4. The fourth-order valence-corrected chi connectivity index (χ4v) is 7.76. The van der Waals surface area contributed by atoms with E-state index in [1.165, 1.54) is 16.2 Å². The molecule has 0 fully saturated rings. The van der Waals surface area contributed by atoms with E-state index in [0.29, 0.717) is 17.5 Å². The molecule has 10 aromatic rings. The molecule has 0 radical (unpaired) electrons. The van der Waals surface area contributed by atoms with E-state index in [0.717, 1.165) is 66.2 Å². The Kier molecular flexibility index (Phi) is 7.81. The fraction of sp³-hybridized carbons (Fsp3) is 0. The highest BCUT2D eigenvalue weighted by atomic mass is 15.0. The summed E-state index contributed by atoms with van der Waals surface area (Å²) in [5, 5.41) is 6.93. The SMILES string of the molecule is c1ccc(-c2ccc(-c3nc(-c4ccccc4-c4ccccc4)nc(-c4c5ccccc5cc5c4ccc4ccccc45)n3)cc2-c2ccccc2)cc1. The summed E-state index contributed by atoms with van der Waals surface area (Å²) in [6.45, 7) is 0. The van der Waals surface area contributed by atoms with Crippen molar-refractivity contribution in [3.63, 3.8) is 0 Å². The Morgan fingerprint density at radius 2 is 0.759 bits per heavy atom. The van der Waals surface area contributed by atoms with Crippen LogP contribution in [0.4, 0.5) is 0 Å². The van der Waals surface area contributed by atoms with Crippen molar-refractivity contribution in [1.29, 1.82) is 0 Å². The lowest BCUT2D eigenvalue weighted by Crippen LogP contribution is -2.02. The molecule has 0 saturated carbocycles. The smallest absolute Gasteiger partial charge is 0.165 e. The van der Waals surface area contributed by atoms with Gasteiger partial charge >= 0.3 is 0 Å². The third-order valence-electron chi connectivity index (χ3n) is 10.3. The molecular weight excluding hydrogens is 655 g/mol. The minimum atomic E-state index is 0.622. The second-order valence-electron chi connectivity index (χ2n) is 13.6. The van der Waals surface area contributed by atoms with Crippen LogP contribution in [0.25, 0.3) is 99.9 Å². The molecule has 0 saturated heterocycles. The molecule has 1 heterocycles. The lowest BCUT2D eigenvalue weighted by molar-refractivity contribution is 1.08. The molecule has 0 N–H and O–H groups in total. The summed E-state index contributed by atoms with van der Waals surface area (Å²) in [7, 11) is 0. The summed E-state index contributed by atoms with van der Waals surface area (Å²) in [5.41, 5.74) is 9.62. The summed E-state index contributed by atoms with van der Waals surface area (Å²) >= 11 is 0. The molecule has 1 aromatic heterocycles. The van der Waals surface area contributed by atoms with Crippen molar-refractivity contribution in [1.82, 2.24) is 15.0 Å². The normalized spacial score (nSPS) is 11.3. The van der Waals surface area contributed by atoms with Gasteiger partial charge < -0.3 is 0 Å². The van der Waals surface area contributed by atoms with E-state index in [9.17, 15) is 0 Å². The minimum Gasteiger partial charge on any atom is -0.208 e. The van der Waals surface area contributed by atoms with E-state index in [1.807, 2.05) is 6.07 Å². The number of rotatable bonds is 6. The number of fused-ring (bicyclic) bond motifs is 4. The van der Waals surface area contributed by atoms with Gasteiger partial charge in [-0.15, -0.1) is 0 Å². The van der Waals surface area contributed by atoms with Gasteiger partial charge in [0.1, 0.15) is 0 Å². The Morgan fingerprint density at radius 1 is 0.241 bits per heavy atom. The summed E-state index contributed by atoms with van der Waals surface area (Å²) in [4.78, 5) is 16.1. The molecule has 3 heteroatoms. The molecule has 0 amide bonds. The highest BCUT2D eigenvalue weighted by Crippen LogP contribution is 2.41. The first-order valence-corrected chi connectivity index (χ1v) is 18.3. The molecule has 10 rings (SSSR count). The third-order valence-corrected chi connectivity index (χ3v) is 10.3. The average molecular weight is 688 g/mol. The molecule has 0 bridgehead atoms. The van der Waals surface area contributed by atoms with Crippen LogP contribution in [0.15, 0.2) is 200 Å². The van der Waals surface area contributed by atoms with Gasteiger partial charge in [-0.25, -0.2) is 15.0 Å². The zero-order valence-corrected chi connectivity index (χ0v) is 29.4.